The van der Waals surface area contributed by atoms with Crippen molar-refractivity contribution in [3.8, 4) is 0 Å². The molecule has 0 spiro atoms. The minimum atomic E-state index is -0.179. The molecular formula is C33H49NO5. The van der Waals surface area contributed by atoms with Gasteiger partial charge in [0.05, 0.1) is 5.76 Å². The van der Waals surface area contributed by atoms with Crippen LogP contribution in [-0.2, 0) is 23.9 Å². The van der Waals surface area contributed by atoms with Crippen molar-refractivity contribution in [2.24, 2.45) is 40.4 Å². The topological polar surface area (TPSA) is 72.9 Å². The van der Waals surface area contributed by atoms with Gasteiger partial charge in [0.2, 0.25) is 11.8 Å². The predicted octanol–water partition coefficient (Wildman–Crippen LogP) is 6.59. The molecule has 9 atom stereocenters. The number of nitrogens with zero attached hydrogens (tertiary/aromatic N) is 1. The van der Waals surface area contributed by atoms with Crippen molar-refractivity contribution in [1.29, 1.82) is 0 Å². The Balaban J connectivity index is 1.27. The van der Waals surface area contributed by atoms with Crippen molar-refractivity contribution in [2.75, 3.05) is 6.54 Å². The number of hydrogen-bond donors (Lipinski definition) is 0. The third-order valence-corrected chi connectivity index (χ3v) is 11.7. The van der Waals surface area contributed by atoms with E-state index in [0.29, 0.717) is 30.2 Å². The molecule has 216 valence electrons. The molecule has 3 fully saturated rings. The van der Waals surface area contributed by atoms with Crippen LogP contribution in [0.5, 0.6) is 0 Å². The standard InChI is InChI=1S/C33H49NO5/c1-19(18-34(21(3)35)22(4)36)8-11-29-20(2)31-30(39-29)17-28-26-10-9-24-16-25(38-23(5)37)12-14-32(24,6)27(26)13-15-33(28,31)7/h9,19,25-28,30-31H,8,10-18H2,1-7H3/t19-,25+,26-,27+,28+,30-,31+,32+,33+/m1/s1. The van der Waals surface area contributed by atoms with E-state index in [1.165, 1.54) is 44.1 Å². The van der Waals surface area contributed by atoms with Crippen LogP contribution < -0.4 is 0 Å². The lowest BCUT2D eigenvalue weighted by molar-refractivity contribution is -0.149. The van der Waals surface area contributed by atoms with Crippen molar-refractivity contribution in [3.63, 3.8) is 0 Å². The third kappa shape index (κ3) is 4.88. The highest BCUT2D eigenvalue weighted by Gasteiger charge is 2.63. The number of fused-ring (bicyclic) bond motifs is 7. The second kappa shape index (κ2) is 10.4. The van der Waals surface area contributed by atoms with Gasteiger partial charge in [-0.05, 0) is 91.9 Å². The van der Waals surface area contributed by atoms with Crippen LogP contribution in [0.2, 0.25) is 0 Å². The van der Waals surface area contributed by atoms with E-state index in [9.17, 15) is 14.4 Å². The van der Waals surface area contributed by atoms with Crippen molar-refractivity contribution in [2.45, 2.75) is 118 Å². The average Bonchev–Trinajstić information content (AvgIpc) is 3.33. The summed E-state index contributed by atoms with van der Waals surface area (Å²) < 4.78 is 12.4. The number of allylic oxidation sites excluding steroid dienone is 2. The van der Waals surface area contributed by atoms with Gasteiger partial charge in [0.25, 0.3) is 0 Å². The number of hydrogen-bond acceptors (Lipinski definition) is 5. The molecule has 39 heavy (non-hydrogen) atoms. The first kappa shape index (κ1) is 28.4. The van der Waals surface area contributed by atoms with E-state index in [4.69, 9.17) is 9.47 Å². The van der Waals surface area contributed by atoms with E-state index in [1.54, 1.807) is 5.57 Å². The Morgan fingerprint density at radius 3 is 2.49 bits per heavy atom. The summed E-state index contributed by atoms with van der Waals surface area (Å²) in [6, 6.07) is 0. The van der Waals surface area contributed by atoms with Gasteiger partial charge in [0, 0.05) is 46.1 Å². The predicted molar refractivity (Wildman–Crippen MR) is 150 cm³/mol. The molecule has 0 saturated heterocycles. The molecule has 0 bridgehead atoms. The fourth-order valence-electron chi connectivity index (χ4n) is 9.81. The van der Waals surface area contributed by atoms with Crippen LogP contribution in [0, 0.1) is 40.4 Å². The SMILES string of the molecule is CC(=O)O[C@H]1CC[C@@]2(C)C(=CC[C@H]3[C@@H]4C[C@H]5OC(CC[C@@H](C)CN(C(C)=O)C(C)=O)=C(C)[C@@H]5[C@@]4(C)CC[C@@H]32)C1. The Kier molecular flexibility index (Phi) is 7.56. The molecule has 0 N–H and O–H groups in total. The summed E-state index contributed by atoms with van der Waals surface area (Å²) in [5, 5.41) is 0. The quantitative estimate of drug-likeness (QED) is 0.281. The van der Waals surface area contributed by atoms with Crippen LogP contribution in [-0.4, -0.2) is 41.4 Å². The molecule has 2 amide bonds. The molecule has 1 heterocycles. The van der Waals surface area contributed by atoms with Crippen molar-refractivity contribution in [1.82, 2.24) is 4.90 Å². The highest BCUT2D eigenvalue weighted by atomic mass is 16.5. The molecule has 4 aliphatic carbocycles. The van der Waals surface area contributed by atoms with Crippen molar-refractivity contribution < 1.29 is 23.9 Å². The number of ether oxygens (including phenoxy) is 2. The fourth-order valence-corrected chi connectivity index (χ4v) is 9.81. The molecule has 5 aliphatic rings. The Morgan fingerprint density at radius 1 is 1.10 bits per heavy atom. The average molecular weight is 540 g/mol. The number of esters is 1. The monoisotopic (exact) mass is 539 g/mol. The number of rotatable bonds is 6. The minimum Gasteiger partial charge on any atom is -0.494 e. The van der Waals surface area contributed by atoms with E-state index in [1.807, 2.05) is 0 Å². The van der Waals surface area contributed by atoms with Crippen LogP contribution >= 0.6 is 0 Å². The van der Waals surface area contributed by atoms with Gasteiger partial charge < -0.3 is 9.47 Å². The number of carbonyl (C=O) groups is 3. The number of amides is 2. The zero-order valence-electron chi connectivity index (χ0n) is 25.2. The summed E-state index contributed by atoms with van der Waals surface area (Å²) in [5.41, 5.74) is 3.50. The highest BCUT2D eigenvalue weighted by Crippen LogP contribution is 2.69. The summed E-state index contributed by atoms with van der Waals surface area (Å²) in [5.74, 6) is 3.48. The molecule has 6 heteroatoms. The molecule has 0 aromatic carbocycles. The van der Waals surface area contributed by atoms with Crippen molar-refractivity contribution >= 4 is 17.8 Å². The van der Waals surface area contributed by atoms with Gasteiger partial charge in [-0.3, -0.25) is 19.3 Å². The maximum Gasteiger partial charge on any atom is 0.302 e. The van der Waals surface area contributed by atoms with Gasteiger partial charge >= 0.3 is 5.97 Å². The molecule has 0 aromatic rings. The zero-order chi connectivity index (χ0) is 28.3. The van der Waals surface area contributed by atoms with Gasteiger partial charge in [0.15, 0.2) is 0 Å². The molecule has 0 unspecified atom stereocenters. The molecule has 0 radical (unpaired) electrons. The summed E-state index contributed by atoms with van der Waals surface area (Å²) in [6.07, 6.45) is 12.5. The Morgan fingerprint density at radius 2 is 1.82 bits per heavy atom. The first-order valence-corrected chi connectivity index (χ1v) is 15.4. The van der Waals surface area contributed by atoms with E-state index in [-0.39, 0.29) is 46.7 Å². The van der Waals surface area contributed by atoms with Crippen LogP contribution in [0.15, 0.2) is 23.0 Å². The molecular weight excluding hydrogens is 490 g/mol. The Bertz CT molecular complexity index is 1080. The van der Waals surface area contributed by atoms with Gasteiger partial charge in [-0.2, -0.15) is 0 Å². The zero-order valence-corrected chi connectivity index (χ0v) is 25.2. The lowest BCUT2D eigenvalue weighted by Crippen LogP contribution is -2.50. The van der Waals surface area contributed by atoms with Crippen LogP contribution in [0.1, 0.15) is 106 Å². The first-order chi connectivity index (χ1) is 18.3. The van der Waals surface area contributed by atoms with Gasteiger partial charge in [0.1, 0.15) is 12.2 Å². The van der Waals surface area contributed by atoms with Gasteiger partial charge in [-0.1, -0.05) is 32.4 Å². The summed E-state index contributed by atoms with van der Waals surface area (Å²) >= 11 is 0. The van der Waals surface area contributed by atoms with Crippen LogP contribution in [0.4, 0.5) is 0 Å². The van der Waals surface area contributed by atoms with Gasteiger partial charge in [-0.25, -0.2) is 0 Å². The highest BCUT2D eigenvalue weighted by molar-refractivity contribution is 5.92. The summed E-state index contributed by atoms with van der Waals surface area (Å²) in [6.45, 7) is 14.4. The lowest BCUT2D eigenvalue weighted by Gasteiger charge is -2.58. The lowest BCUT2D eigenvalue weighted by atomic mass is 9.47. The largest absolute Gasteiger partial charge is 0.494 e. The second-order valence-corrected chi connectivity index (χ2v) is 14.0. The molecule has 0 aromatic heterocycles. The molecule has 3 saturated carbocycles. The minimum absolute atomic E-state index is 0.0494. The maximum absolute atomic E-state index is 11.8. The van der Waals surface area contributed by atoms with Crippen LogP contribution in [0.25, 0.3) is 0 Å². The molecule has 1 aliphatic heterocycles. The summed E-state index contributed by atoms with van der Waals surface area (Å²) in [7, 11) is 0. The fraction of sp³-hybridized carbons (Fsp3) is 0.788. The van der Waals surface area contributed by atoms with Crippen LogP contribution in [0.3, 0.4) is 0 Å². The maximum atomic E-state index is 11.8. The normalized spacial score (nSPS) is 39.4. The Labute approximate surface area is 234 Å². The summed E-state index contributed by atoms with van der Waals surface area (Å²) in [4.78, 5) is 36.6. The number of imide groups is 1. The first-order valence-electron chi connectivity index (χ1n) is 15.4. The molecule has 5 rings (SSSR count). The van der Waals surface area contributed by atoms with Gasteiger partial charge in [-0.15, -0.1) is 0 Å². The second-order valence-electron chi connectivity index (χ2n) is 14.0. The number of carbonyl (C=O) groups excluding carboxylic acids is 3. The molecule has 6 nitrogen and oxygen atoms in total. The third-order valence-electron chi connectivity index (χ3n) is 11.7. The van der Waals surface area contributed by atoms with E-state index < -0.39 is 0 Å². The van der Waals surface area contributed by atoms with Crippen molar-refractivity contribution in [3.05, 3.63) is 23.0 Å². The smallest absolute Gasteiger partial charge is 0.302 e. The van der Waals surface area contributed by atoms with E-state index in [2.05, 4.69) is 33.8 Å². The Hall–Kier alpha value is -2.11. The van der Waals surface area contributed by atoms with E-state index in [0.717, 1.165) is 50.7 Å². The van der Waals surface area contributed by atoms with E-state index >= 15 is 0 Å².